The van der Waals surface area contributed by atoms with E-state index in [9.17, 15) is 9.90 Å². The van der Waals surface area contributed by atoms with E-state index in [4.69, 9.17) is 5.73 Å². The number of hydrogen-bond acceptors (Lipinski definition) is 4. The van der Waals surface area contributed by atoms with E-state index in [-0.39, 0.29) is 12.5 Å². The largest absolute Gasteiger partial charge is 0.387 e. The van der Waals surface area contributed by atoms with Crippen LogP contribution in [0, 0.1) is 5.92 Å². The summed E-state index contributed by atoms with van der Waals surface area (Å²) in [5.41, 5.74) is 4.57. The summed E-state index contributed by atoms with van der Waals surface area (Å²) >= 11 is 0. The molecule has 0 bridgehead atoms. The number of aliphatic hydroxyl groups is 1. The summed E-state index contributed by atoms with van der Waals surface area (Å²) in [6, 6.07) is 0. The zero-order valence-electron chi connectivity index (χ0n) is 12.2. The van der Waals surface area contributed by atoms with Gasteiger partial charge in [0.25, 0.3) is 0 Å². The molecule has 108 valence electrons. The molecule has 18 heavy (non-hydrogen) atoms. The second-order valence-corrected chi connectivity index (χ2v) is 5.73. The summed E-state index contributed by atoms with van der Waals surface area (Å²) in [5, 5.41) is 12.8. The number of nitrogens with two attached hydrogens (primary N) is 1. The van der Waals surface area contributed by atoms with E-state index in [1.165, 1.54) is 0 Å². The highest BCUT2D eigenvalue weighted by molar-refractivity contribution is 5.75. The van der Waals surface area contributed by atoms with Crippen LogP contribution in [0.25, 0.3) is 0 Å². The summed E-state index contributed by atoms with van der Waals surface area (Å²) in [5.74, 6) is 0.473. The van der Waals surface area contributed by atoms with Crippen molar-refractivity contribution in [2.45, 2.75) is 38.7 Å². The van der Waals surface area contributed by atoms with Gasteiger partial charge in [-0.25, -0.2) is 0 Å². The Hall–Kier alpha value is -0.650. The van der Waals surface area contributed by atoms with Gasteiger partial charge in [-0.05, 0) is 46.3 Å². The molecule has 0 rings (SSSR count). The fourth-order valence-electron chi connectivity index (χ4n) is 1.92. The van der Waals surface area contributed by atoms with E-state index in [1.807, 2.05) is 19.0 Å². The lowest BCUT2D eigenvalue weighted by Gasteiger charge is -2.27. The molecule has 0 aromatic carbocycles. The Morgan fingerprint density at radius 3 is 2.56 bits per heavy atom. The first-order chi connectivity index (χ1) is 8.26. The van der Waals surface area contributed by atoms with Crippen molar-refractivity contribution in [1.82, 2.24) is 10.2 Å². The molecule has 0 heterocycles. The monoisotopic (exact) mass is 259 g/mol. The molecule has 2 atom stereocenters. The predicted octanol–water partition coefficient (Wildman–Crippen LogP) is 0.180. The van der Waals surface area contributed by atoms with Gasteiger partial charge in [-0.3, -0.25) is 4.79 Å². The number of rotatable bonds is 9. The number of nitrogens with one attached hydrogen (secondary N) is 1. The minimum atomic E-state index is -0.887. The van der Waals surface area contributed by atoms with Crippen LogP contribution in [0.5, 0.6) is 0 Å². The van der Waals surface area contributed by atoms with Gasteiger partial charge in [0.2, 0.25) is 5.91 Å². The van der Waals surface area contributed by atoms with Crippen molar-refractivity contribution in [2.24, 2.45) is 11.7 Å². The molecule has 0 aromatic rings. The molecule has 0 aromatic heterocycles. The lowest BCUT2D eigenvalue weighted by Crippen LogP contribution is -2.47. The van der Waals surface area contributed by atoms with Crippen molar-refractivity contribution in [3.63, 3.8) is 0 Å². The number of nitrogens with zero attached hydrogens (tertiary/aromatic N) is 1. The minimum absolute atomic E-state index is 0.00194. The number of hydrogen-bond donors (Lipinski definition) is 3. The molecular weight excluding hydrogens is 230 g/mol. The molecule has 0 saturated heterocycles. The molecule has 5 heteroatoms. The third kappa shape index (κ3) is 9.39. The van der Waals surface area contributed by atoms with Crippen molar-refractivity contribution in [1.29, 1.82) is 0 Å². The smallest absolute Gasteiger partial charge is 0.220 e. The fourth-order valence-corrected chi connectivity index (χ4v) is 1.92. The molecule has 0 aliphatic heterocycles. The zero-order valence-corrected chi connectivity index (χ0v) is 12.2. The first kappa shape index (κ1) is 17.4. The van der Waals surface area contributed by atoms with Crippen molar-refractivity contribution in [2.75, 3.05) is 33.7 Å². The van der Waals surface area contributed by atoms with Gasteiger partial charge in [0.05, 0.1) is 5.60 Å². The fraction of sp³-hybridized carbons (Fsp3) is 0.923. The molecule has 1 amide bonds. The van der Waals surface area contributed by atoms with Crippen LogP contribution in [0.3, 0.4) is 0 Å². The average molecular weight is 259 g/mol. The summed E-state index contributed by atoms with van der Waals surface area (Å²) in [7, 11) is 3.79. The third-order valence-electron chi connectivity index (χ3n) is 2.85. The Morgan fingerprint density at radius 1 is 1.44 bits per heavy atom. The number of amides is 1. The standard InChI is InChI=1S/C13H29N3O2/c1-11(7-8-14)5-6-12(17)15-9-13(2,18)10-16(3)4/h11,18H,5-10,14H2,1-4H3,(H,15,17). The van der Waals surface area contributed by atoms with E-state index in [1.54, 1.807) is 6.92 Å². The second kappa shape index (κ2) is 8.45. The highest BCUT2D eigenvalue weighted by atomic mass is 16.3. The van der Waals surface area contributed by atoms with Crippen LogP contribution in [-0.4, -0.2) is 55.2 Å². The minimum Gasteiger partial charge on any atom is -0.387 e. The van der Waals surface area contributed by atoms with E-state index in [0.29, 0.717) is 25.4 Å². The molecule has 0 fully saturated rings. The Morgan fingerprint density at radius 2 is 2.06 bits per heavy atom. The average Bonchev–Trinajstić information content (AvgIpc) is 2.22. The summed E-state index contributed by atoms with van der Waals surface area (Å²) in [6.07, 6.45) is 2.30. The Bertz CT molecular complexity index is 242. The Balaban J connectivity index is 3.82. The zero-order chi connectivity index (χ0) is 14.2. The van der Waals surface area contributed by atoms with Crippen molar-refractivity contribution < 1.29 is 9.90 Å². The number of carbonyl (C=O) groups excluding carboxylic acids is 1. The molecule has 0 saturated carbocycles. The van der Waals surface area contributed by atoms with Crippen molar-refractivity contribution in [3.8, 4) is 0 Å². The van der Waals surface area contributed by atoms with E-state index in [0.717, 1.165) is 12.8 Å². The maximum atomic E-state index is 11.6. The van der Waals surface area contributed by atoms with E-state index < -0.39 is 5.60 Å². The Kier molecular flexibility index (Phi) is 8.15. The van der Waals surface area contributed by atoms with Crippen molar-refractivity contribution >= 4 is 5.91 Å². The van der Waals surface area contributed by atoms with E-state index in [2.05, 4.69) is 12.2 Å². The van der Waals surface area contributed by atoms with Gasteiger partial charge >= 0.3 is 0 Å². The van der Waals surface area contributed by atoms with E-state index >= 15 is 0 Å². The second-order valence-electron chi connectivity index (χ2n) is 5.73. The number of carbonyl (C=O) groups is 1. The maximum Gasteiger partial charge on any atom is 0.220 e. The molecule has 0 aliphatic carbocycles. The summed E-state index contributed by atoms with van der Waals surface area (Å²) in [4.78, 5) is 13.5. The van der Waals surface area contributed by atoms with Gasteiger partial charge in [-0.15, -0.1) is 0 Å². The maximum absolute atomic E-state index is 11.6. The van der Waals surface area contributed by atoms with Crippen LogP contribution in [0.4, 0.5) is 0 Å². The van der Waals surface area contributed by atoms with Gasteiger partial charge in [0.1, 0.15) is 0 Å². The SMILES string of the molecule is CC(CCN)CCC(=O)NCC(C)(O)CN(C)C. The van der Waals surface area contributed by atoms with Gasteiger partial charge in [0.15, 0.2) is 0 Å². The lowest BCUT2D eigenvalue weighted by atomic mass is 10.0. The van der Waals surface area contributed by atoms with Crippen molar-refractivity contribution in [3.05, 3.63) is 0 Å². The van der Waals surface area contributed by atoms with Gasteiger partial charge in [0, 0.05) is 19.5 Å². The van der Waals surface area contributed by atoms with Gasteiger partial charge in [-0.1, -0.05) is 6.92 Å². The Labute approximate surface area is 111 Å². The molecular formula is C13H29N3O2. The van der Waals surface area contributed by atoms with Crippen LogP contribution in [0.1, 0.15) is 33.1 Å². The molecule has 0 radical (unpaired) electrons. The van der Waals surface area contributed by atoms with Crippen LogP contribution >= 0.6 is 0 Å². The molecule has 2 unspecified atom stereocenters. The topological polar surface area (TPSA) is 78.6 Å². The molecule has 5 nitrogen and oxygen atoms in total. The summed E-state index contributed by atoms with van der Waals surface area (Å²) in [6.45, 7) is 5.30. The quantitative estimate of drug-likeness (QED) is 0.552. The number of likely N-dealkylation sites (N-methyl/N-ethyl adjacent to an activating group) is 1. The first-order valence-electron chi connectivity index (χ1n) is 6.60. The normalized spacial score (nSPS) is 16.4. The molecule has 0 aliphatic rings. The van der Waals surface area contributed by atoms with Gasteiger partial charge < -0.3 is 21.1 Å². The van der Waals surface area contributed by atoms with Crippen LogP contribution in [0.2, 0.25) is 0 Å². The molecule has 4 N–H and O–H groups in total. The lowest BCUT2D eigenvalue weighted by molar-refractivity contribution is -0.122. The third-order valence-corrected chi connectivity index (χ3v) is 2.85. The van der Waals surface area contributed by atoms with Crippen LogP contribution < -0.4 is 11.1 Å². The van der Waals surface area contributed by atoms with Crippen LogP contribution in [-0.2, 0) is 4.79 Å². The summed E-state index contributed by atoms with van der Waals surface area (Å²) < 4.78 is 0. The highest BCUT2D eigenvalue weighted by Gasteiger charge is 2.21. The van der Waals surface area contributed by atoms with Gasteiger partial charge in [-0.2, -0.15) is 0 Å². The van der Waals surface area contributed by atoms with Crippen LogP contribution in [0.15, 0.2) is 0 Å². The molecule has 0 spiro atoms. The first-order valence-corrected chi connectivity index (χ1v) is 6.60. The predicted molar refractivity (Wildman–Crippen MR) is 74.3 cm³/mol. The highest BCUT2D eigenvalue weighted by Crippen LogP contribution is 2.09.